The minimum absolute atomic E-state index is 0.336. The summed E-state index contributed by atoms with van der Waals surface area (Å²) in [5.74, 6) is 0.336. The molecule has 1 N–H and O–H groups in total. The second-order valence-electron chi connectivity index (χ2n) is 6.51. The lowest BCUT2D eigenvalue weighted by atomic mass is 9.82. The standard InChI is InChI=1S/C21H18Br2O/c1-12-17(22)10-13-6-2-4-8-15(13)19(12)20-16-9-5-3-7-14(16)11-18(23)21(20)24/h3,5,7,9-11,24H,2,4,6,8H2,1H3. The molecule has 3 aromatic rings. The highest BCUT2D eigenvalue weighted by atomic mass is 79.9. The first kappa shape index (κ1) is 16.2. The number of benzene rings is 3. The van der Waals surface area contributed by atoms with Gasteiger partial charge in [-0.15, -0.1) is 0 Å². The van der Waals surface area contributed by atoms with Crippen LogP contribution in [0.2, 0.25) is 0 Å². The highest BCUT2D eigenvalue weighted by molar-refractivity contribution is 9.10. The Labute approximate surface area is 159 Å². The van der Waals surface area contributed by atoms with E-state index in [2.05, 4.69) is 57.0 Å². The predicted octanol–water partition coefficient (Wildman–Crippen LogP) is 6.92. The summed E-state index contributed by atoms with van der Waals surface area (Å²) >= 11 is 7.28. The summed E-state index contributed by atoms with van der Waals surface area (Å²) in [5.41, 5.74) is 6.18. The number of phenols is 1. The van der Waals surface area contributed by atoms with Gasteiger partial charge in [-0.05, 0) is 93.7 Å². The maximum absolute atomic E-state index is 10.9. The summed E-state index contributed by atoms with van der Waals surface area (Å²) in [7, 11) is 0. The molecular formula is C21H18Br2O. The van der Waals surface area contributed by atoms with Gasteiger partial charge in [0.1, 0.15) is 5.75 Å². The van der Waals surface area contributed by atoms with Crippen LogP contribution in [0.15, 0.2) is 45.3 Å². The number of hydrogen-bond donors (Lipinski definition) is 1. The first-order valence-corrected chi connectivity index (χ1v) is 9.88. The van der Waals surface area contributed by atoms with Crippen molar-refractivity contribution in [3.05, 3.63) is 62.0 Å². The zero-order chi connectivity index (χ0) is 16.8. The lowest BCUT2D eigenvalue weighted by molar-refractivity contribution is 0.474. The van der Waals surface area contributed by atoms with Crippen molar-refractivity contribution >= 4 is 42.6 Å². The molecule has 0 unspecified atom stereocenters. The largest absolute Gasteiger partial charge is 0.506 e. The molecule has 0 heterocycles. The van der Waals surface area contributed by atoms with Gasteiger partial charge in [0.2, 0.25) is 0 Å². The molecule has 0 radical (unpaired) electrons. The molecule has 1 nitrogen and oxygen atoms in total. The lowest BCUT2D eigenvalue weighted by Crippen LogP contribution is -2.07. The molecular weight excluding hydrogens is 428 g/mol. The number of aryl methyl sites for hydroxylation is 1. The summed E-state index contributed by atoms with van der Waals surface area (Å²) in [6.45, 7) is 2.14. The van der Waals surface area contributed by atoms with Gasteiger partial charge in [-0.25, -0.2) is 0 Å². The van der Waals surface area contributed by atoms with Crippen molar-refractivity contribution in [3.8, 4) is 16.9 Å². The van der Waals surface area contributed by atoms with Crippen LogP contribution in [0, 0.1) is 6.92 Å². The van der Waals surface area contributed by atoms with Crippen LogP contribution >= 0.6 is 31.9 Å². The number of phenolic OH excluding ortho intramolecular Hbond substituents is 1. The van der Waals surface area contributed by atoms with E-state index in [0.717, 1.165) is 38.1 Å². The number of rotatable bonds is 1. The molecule has 0 saturated carbocycles. The fraction of sp³-hybridized carbons (Fsp3) is 0.238. The van der Waals surface area contributed by atoms with Crippen molar-refractivity contribution in [2.24, 2.45) is 0 Å². The first-order valence-electron chi connectivity index (χ1n) is 8.29. The second kappa shape index (κ2) is 6.20. The van der Waals surface area contributed by atoms with Gasteiger partial charge in [0, 0.05) is 10.0 Å². The molecule has 1 aliphatic rings. The molecule has 4 rings (SSSR count). The van der Waals surface area contributed by atoms with Gasteiger partial charge in [0.25, 0.3) is 0 Å². The Morgan fingerprint density at radius 1 is 0.917 bits per heavy atom. The van der Waals surface area contributed by atoms with E-state index in [1.54, 1.807) is 0 Å². The topological polar surface area (TPSA) is 20.2 Å². The maximum Gasteiger partial charge on any atom is 0.138 e. The summed E-state index contributed by atoms with van der Waals surface area (Å²) in [4.78, 5) is 0. The van der Waals surface area contributed by atoms with Crippen molar-refractivity contribution in [2.75, 3.05) is 0 Å². The van der Waals surface area contributed by atoms with E-state index in [-0.39, 0.29) is 0 Å². The van der Waals surface area contributed by atoms with Crippen molar-refractivity contribution in [1.29, 1.82) is 0 Å². The molecule has 0 fully saturated rings. The van der Waals surface area contributed by atoms with Crippen molar-refractivity contribution in [2.45, 2.75) is 32.6 Å². The quantitative estimate of drug-likeness (QED) is 0.430. The van der Waals surface area contributed by atoms with Crippen molar-refractivity contribution in [1.82, 2.24) is 0 Å². The molecule has 0 atom stereocenters. The third-order valence-electron chi connectivity index (χ3n) is 5.07. The number of hydrogen-bond acceptors (Lipinski definition) is 1. The minimum Gasteiger partial charge on any atom is -0.506 e. The molecule has 122 valence electrons. The van der Waals surface area contributed by atoms with Crippen LogP contribution in [0.25, 0.3) is 21.9 Å². The third-order valence-corrected chi connectivity index (χ3v) is 6.50. The van der Waals surface area contributed by atoms with Gasteiger partial charge in [0.05, 0.1) is 4.47 Å². The molecule has 3 aromatic carbocycles. The molecule has 0 amide bonds. The van der Waals surface area contributed by atoms with E-state index < -0.39 is 0 Å². The van der Waals surface area contributed by atoms with Crippen molar-refractivity contribution in [3.63, 3.8) is 0 Å². The Hall–Kier alpha value is -1.32. The average Bonchev–Trinajstić information content (AvgIpc) is 2.58. The first-order chi connectivity index (χ1) is 11.6. The summed E-state index contributed by atoms with van der Waals surface area (Å²) in [5, 5.41) is 13.1. The van der Waals surface area contributed by atoms with Crippen molar-refractivity contribution < 1.29 is 5.11 Å². The number of fused-ring (bicyclic) bond motifs is 2. The molecule has 3 heteroatoms. The van der Waals surface area contributed by atoms with Gasteiger partial charge in [0.15, 0.2) is 0 Å². The van der Waals surface area contributed by atoms with E-state index in [1.165, 1.54) is 35.1 Å². The number of aromatic hydroxyl groups is 1. The van der Waals surface area contributed by atoms with Crippen LogP contribution in [-0.4, -0.2) is 5.11 Å². The van der Waals surface area contributed by atoms with Gasteiger partial charge in [-0.3, -0.25) is 0 Å². The van der Waals surface area contributed by atoms with E-state index in [4.69, 9.17) is 0 Å². The smallest absolute Gasteiger partial charge is 0.138 e. The van der Waals surface area contributed by atoms with Crippen LogP contribution in [0.3, 0.4) is 0 Å². The Morgan fingerprint density at radius 2 is 1.67 bits per heavy atom. The molecule has 0 saturated heterocycles. The van der Waals surface area contributed by atoms with Crippen LogP contribution in [-0.2, 0) is 12.8 Å². The zero-order valence-corrected chi connectivity index (χ0v) is 16.7. The van der Waals surface area contributed by atoms with E-state index in [1.807, 2.05) is 18.2 Å². The minimum atomic E-state index is 0.336. The highest BCUT2D eigenvalue weighted by Gasteiger charge is 2.23. The summed E-state index contributed by atoms with van der Waals surface area (Å²) < 4.78 is 1.88. The van der Waals surface area contributed by atoms with Gasteiger partial charge in [-0.2, -0.15) is 0 Å². The summed E-state index contributed by atoms with van der Waals surface area (Å²) in [6, 6.07) is 12.5. The van der Waals surface area contributed by atoms with Gasteiger partial charge in [-0.1, -0.05) is 40.2 Å². The average molecular weight is 446 g/mol. The second-order valence-corrected chi connectivity index (χ2v) is 8.21. The Balaban J connectivity index is 2.16. The Morgan fingerprint density at radius 3 is 2.50 bits per heavy atom. The van der Waals surface area contributed by atoms with Crippen LogP contribution in [0.1, 0.15) is 29.5 Å². The van der Waals surface area contributed by atoms with Crippen LogP contribution < -0.4 is 0 Å². The highest BCUT2D eigenvalue weighted by Crippen LogP contribution is 2.47. The molecule has 0 aliphatic heterocycles. The zero-order valence-electron chi connectivity index (χ0n) is 13.5. The van der Waals surface area contributed by atoms with Crippen LogP contribution in [0.4, 0.5) is 0 Å². The van der Waals surface area contributed by atoms with E-state index in [0.29, 0.717) is 5.75 Å². The lowest BCUT2D eigenvalue weighted by Gasteiger charge is -2.24. The maximum atomic E-state index is 10.9. The molecule has 0 spiro atoms. The Kier molecular flexibility index (Phi) is 4.17. The molecule has 0 aromatic heterocycles. The predicted molar refractivity (Wildman–Crippen MR) is 108 cm³/mol. The summed E-state index contributed by atoms with van der Waals surface area (Å²) in [6.07, 6.45) is 4.66. The van der Waals surface area contributed by atoms with Gasteiger partial charge >= 0.3 is 0 Å². The van der Waals surface area contributed by atoms with E-state index in [9.17, 15) is 5.11 Å². The normalized spacial score (nSPS) is 14.0. The molecule has 1 aliphatic carbocycles. The molecule has 0 bridgehead atoms. The van der Waals surface area contributed by atoms with Crippen LogP contribution in [0.5, 0.6) is 5.75 Å². The monoisotopic (exact) mass is 444 g/mol. The molecule has 24 heavy (non-hydrogen) atoms. The fourth-order valence-corrected chi connectivity index (χ4v) is 4.79. The Bertz CT molecular complexity index is 960. The number of halogens is 2. The van der Waals surface area contributed by atoms with E-state index >= 15 is 0 Å². The van der Waals surface area contributed by atoms with Gasteiger partial charge < -0.3 is 5.11 Å². The SMILES string of the molecule is Cc1c(Br)cc2c(c1-c1c(O)c(Br)cc3ccccc13)CCCC2. The fourth-order valence-electron chi connectivity index (χ4n) is 3.87. The third kappa shape index (κ3) is 2.49.